The Morgan fingerprint density at radius 3 is 2.72 bits per heavy atom. The van der Waals surface area contributed by atoms with E-state index in [2.05, 4.69) is 18.7 Å². The highest BCUT2D eigenvalue weighted by molar-refractivity contribution is 5.94. The van der Waals surface area contributed by atoms with Gasteiger partial charge in [-0.1, -0.05) is 17.7 Å². The van der Waals surface area contributed by atoms with Gasteiger partial charge in [-0.05, 0) is 37.5 Å². The number of morpholine rings is 1. The van der Waals surface area contributed by atoms with Gasteiger partial charge in [-0.25, -0.2) is 0 Å². The minimum Gasteiger partial charge on any atom is -0.370 e. The molecule has 1 saturated heterocycles. The normalized spacial score (nSPS) is 15.8. The van der Waals surface area contributed by atoms with Crippen LogP contribution in [0.25, 0.3) is 0 Å². The van der Waals surface area contributed by atoms with E-state index in [1.54, 1.807) is 4.90 Å². The molecule has 0 aliphatic carbocycles. The number of hydrogen-bond donors (Lipinski definition) is 0. The van der Waals surface area contributed by atoms with Crippen LogP contribution < -0.4 is 4.90 Å². The Bertz CT molecular complexity index is 436. The van der Waals surface area contributed by atoms with Crippen LogP contribution in [-0.4, -0.2) is 25.7 Å². The van der Waals surface area contributed by atoms with Crippen molar-refractivity contribution in [1.29, 1.82) is 0 Å². The van der Waals surface area contributed by atoms with Gasteiger partial charge in [0.1, 0.15) is 6.61 Å². The summed E-state index contributed by atoms with van der Waals surface area (Å²) < 4.78 is 5.12. The summed E-state index contributed by atoms with van der Waals surface area (Å²) in [5.74, 6) is 0.0379. The van der Waals surface area contributed by atoms with E-state index >= 15 is 0 Å². The molecule has 1 amide bonds. The predicted octanol–water partition coefficient (Wildman–Crippen LogP) is 2.56. The Balaban J connectivity index is 2.02. The summed E-state index contributed by atoms with van der Waals surface area (Å²) in [5.41, 5.74) is 3.44. The zero-order chi connectivity index (χ0) is 13.0. The molecule has 18 heavy (non-hydrogen) atoms. The molecule has 96 valence electrons. The number of rotatable bonds is 4. The van der Waals surface area contributed by atoms with E-state index in [0.717, 1.165) is 18.5 Å². The predicted molar refractivity (Wildman–Crippen MR) is 72.7 cm³/mol. The molecule has 1 aliphatic heterocycles. The first-order valence-electron chi connectivity index (χ1n) is 6.28. The van der Waals surface area contributed by atoms with Crippen LogP contribution in [0.4, 0.5) is 5.69 Å². The van der Waals surface area contributed by atoms with Gasteiger partial charge in [0.15, 0.2) is 0 Å². The molecule has 0 unspecified atom stereocenters. The Hall–Kier alpha value is -1.61. The number of amides is 1. The van der Waals surface area contributed by atoms with Gasteiger partial charge in [0, 0.05) is 12.2 Å². The van der Waals surface area contributed by atoms with Crippen molar-refractivity contribution in [3.05, 3.63) is 42.0 Å². The monoisotopic (exact) mass is 245 g/mol. The molecule has 3 heteroatoms. The summed E-state index contributed by atoms with van der Waals surface area (Å²) in [6.07, 6.45) is 2.02. The number of hydrogen-bond acceptors (Lipinski definition) is 2. The Morgan fingerprint density at radius 2 is 2.11 bits per heavy atom. The Labute approximate surface area is 108 Å². The zero-order valence-corrected chi connectivity index (χ0v) is 10.8. The lowest BCUT2D eigenvalue weighted by molar-refractivity contribution is -0.125. The standard InChI is InChI=1S/C15H19NO2/c1-12(2)3-4-13-5-7-14(8-6-13)16-9-10-18-11-15(16)17/h5-8H,1,3-4,9-11H2,2H3. The largest absolute Gasteiger partial charge is 0.370 e. The van der Waals surface area contributed by atoms with E-state index in [4.69, 9.17) is 4.74 Å². The first-order chi connectivity index (χ1) is 8.66. The number of carbonyl (C=O) groups is 1. The van der Waals surface area contributed by atoms with E-state index in [9.17, 15) is 4.79 Å². The van der Waals surface area contributed by atoms with Crippen LogP contribution in [0.15, 0.2) is 36.4 Å². The topological polar surface area (TPSA) is 29.5 Å². The molecule has 0 spiro atoms. The van der Waals surface area contributed by atoms with Crippen LogP contribution >= 0.6 is 0 Å². The Morgan fingerprint density at radius 1 is 1.39 bits per heavy atom. The second kappa shape index (κ2) is 5.83. The van der Waals surface area contributed by atoms with Crippen molar-refractivity contribution in [1.82, 2.24) is 0 Å². The summed E-state index contributed by atoms with van der Waals surface area (Å²) in [6, 6.07) is 8.19. The fraction of sp³-hybridized carbons (Fsp3) is 0.400. The van der Waals surface area contributed by atoms with Gasteiger partial charge in [0.25, 0.3) is 5.91 Å². The average Bonchev–Trinajstić information content (AvgIpc) is 2.38. The summed E-state index contributed by atoms with van der Waals surface area (Å²) >= 11 is 0. The summed E-state index contributed by atoms with van der Waals surface area (Å²) in [6.45, 7) is 7.40. The number of ether oxygens (including phenoxy) is 1. The van der Waals surface area contributed by atoms with Crippen LogP contribution in [0.1, 0.15) is 18.9 Å². The van der Waals surface area contributed by atoms with E-state index in [1.165, 1.54) is 11.1 Å². The number of aryl methyl sites for hydroxylation is 1. The fourth-order valence-corrected chi connectivity index (χ4v) is 1.99. The number of benzene rings is 1. The lowest BCUT2D eigenvalue weighted by Crippen LogP contribution is -2.41. The van der Waals surface area contributed by atoms with Gasteiger partial charge in [-0.2, -0.15) is 0 Å². The second-order valence-corrected chi connectivity index (χ2v) is 4.72. The molecule has 1 aliphatic rings. The molecule has 1 heterocycles. The SMILES string of the molecule is C=C(C)CCc1ccc(N2CCOCC2=O)cc1. The molecular weight excluding hydrogens is 226 g/mol. The van der Waals surface area contributed by atoms with E-state index in [-0.39, 0.29) is 12.5 Å². The van der Waals surface area contributed by atoms with Crippen LogP contribution in [0.3, 0.4) is 0 Å². The molecule has 0 N–H and O–H groups in total. The van der Waals surface area contributed by atoms with Crippen molar-refractivity contribution in [2.24, 2.45) is 0 Å². The highest BCUT2D eigenvalue weighted by Crippen LogP contribution is 2.18. The average molecular weight is 245 g/mol. The molecule has 1 fully saturated rings. The van der Waals surface area contributed by atoms with Crippen molar-refractivity contribution in [3.63, 3.8) is 0 Å². The number of nitrogens with zero attached hydrogens (tertiary/aromatic N) is 1. The van der Waals surface area contributed by atoms with Crippen LogP contribution in [0, 0.1) is 0 Å². The van der Waals surface area contributed by atoms with E-state index in [0.29, 0.717) is 13.2 Å². The summed E-state index contributed by atoms with van der Waals surface area (Å²) in [5, 5.41) is 0. The molecule has 0 radical (unpaired) electrons. The van der Waals surface area contributed by atoms with Gasteiger partial charge in [-0.3, -0.25) is 4.79 Å². The molecule has 1 aromatic rings. The molecule has 3 nitrogen and oxygen atoms in total. The fourth-order valence-electron chi connectivity index (χ4n) is 1.99. The summed E-state index contributed by atoms with van der Waals surface area (Å²) in [7, 11) is 0. The highest BCUT2D eigenvalue weighted by Gasteiger charge is 2.19. The van der Waals surface area contributed by atoms with E-state index < -0.39 is 0 Å². The van der Waals surface area contributed by atoms with Crippen molar-refractivity contribution in [3.8, 4) is 0 Å². The number of allylic oxidation sites excluding steroid dienone is 1. The Kier molecular flexibility index (Phi) is 4.15. The molecule has 0 saturated carbocycles. The molecular formula is C15H19NO2. The van der Waals surface area contributed by atoms with Crippen LogP contribution in [0.2, 0.25) is 0 Å². The van der Waals surface area contributed by atoms with Crippen LogP contribution in [0.5, 0.6) is 0 Å². The van der Waals surface area contributed by atoms with Gasteiger partial charge in [0.2, 0.25) is 0 Å². The minimum absolute atomic E-state index is 0.0379. The molecule has 1 aromatic carbocycles. The molecule has 0 aromatic heterocycles. The maximum atomic E-state index is 11.7. The number of anilines is 1. The first kappa shape index (κ1) is 12.8. The lowest BCUT2D eigenvalue weighted by Gasteiger charge is -2.26. The van der Waals surface area contributed by atoms with Gasteiger partial charge < -0.3 is 9.64 Å². The van der Waals surface area contributed by atoms with Crippen molar-refractivity contribution >= 4 is 11.6 Å². The van der Waals surface area contributed by atoms with Crippen molar-refractivity contribution < 1.29 is 9.53 Å². The van der Waals surface area contributed by atoms with Gasteiger partial charge in [0.05, 0.1) is 6.61 Å². The summed E-state index contributed by atoms with van der Waals surface area (Å²) in [4.78, 5) is 13.5. The third-order valence-electron chi connectivity index (χ3n) is 3.07. The maximum Gasteiger partial charge on any atom is 0.253 e. The van der Waals surface area contributed by atoms with E-state index in [1.807, 2.05) is 19.1 Å². The molecule has 0 bridgehead atoms. The smallest absolute Gasteiger partial charge is 0.253 e. The third kappa shape index (κ3) is 3.20. The number of carbonyl (C=O) groups excluding carboxylic acids is 1. The highest BCUT2D eigenvalue weighted by atomic mass is 16.5. The second-order valence-electron chi connectivity index (χ2n) is 4.72. The van der Waals surface area contributed by atoms with Crippen molar-refractivity contribution in [2.75, 3.05) is 24.7 Å². The quantitative estimate of drug-likeness (QED) is 0.763. The molecule has 0 atom stereocenters. The minimum atomic E-state index is 0.0379. The first-order valence-corrected chi connectivity index (χ1v) is 6.28. The van der Waals surface area contributed by atoms with Gasteiger partial charge in [-0.15, -0.1) is 6.58 Å². The van der Waals surface area contributed by atoms with Crippen LogP contribution in [-0.2, 0) is 16.0 Å². The molecule has 2 rings (SSSR count). The van der Waals surface area contributed by atoms with Crippen molar-refractivity contribution in [2.45, 2.75) is 19.8 Å². The van der Waals surface area contributed by atoms with Gasteiger partial charge >= 0.3 is 0 Å². The third-order valence-corrected chi connectivity index (χ3v) is 3.07. The zero-order valence-electron chi connectivity index (χ0n) is 10.8. The lowest BCUT2D eigenvalue weighted by atomic mass is 10.1. The maximum absolute atomic E-state index is 11.7.